The van der Waals surface area contributed by atoms with E-state index < -0.39 is 0 Å². The zero-order chi connectivity index (χ0) is 25.7. The fourth-order valence-electron chi connectivity index (χ4n) is 9.90. The van der Waals surface area contributed by atoms with E-state index in [9.17, 15) is 0 Å². The fraction of sp³-hybridized carbons (Fsp3) is 0.657. The second-order valence-electron chi connectivity index (χ2n) is 13.7. The summed E-state index contributed by atoms with van der Waals surface area (Å²) in [4.78, 5) is 0. The number of hydrogen-bond acceptors (Lipinski definition) is 0. The first-order chi connectivity index (χ1) is 17.2. The highest BCUT2D eigenvalue weighted by Crippen LogP contribution is 2.66. The predicted molar refractivity (Wildman–Crippen MR) is 151 cm³/mol. The van der Waals surface area contributed by atoms with Crippen LogP contribution in [0.25, 0.3) is 5.57 Å². The molecule has 5 rings (SSSR count). The minimum absolute atomic E-state index is 0.493. The summed E-state index contributed by atoms with van der Waals surface area (Å²) < 4.78 is 1.38. The maximum absolute atomic E-state index is 4.70. The Morgan fingerprint density at radius 1 is 1.08 bits per heavy atom. The van der Waals surface area contributed by atoms with Crippen molar-refractivity contribution in [3.63, 3.8) is 0 Å². The van der Waals surface area contributed by atoms with Crippen LogP contribution in [-0.4, -0.2) is 4.43 Å². The van der Waals surface area contributed by atoms with Crippen molar-refractivity contribution >= 4 is 5.57 Å². The van der Waals surface area contributed by atoms with Gasteiger partial charge in [0.15, 0.2) is 0 Å². The number of aryl methyl sites for hydroxylation is 1. The van der Waals surface area contributed by atoms with Crippen molar-refractivity contribution < 1.29 is 22.6 Å². The molecule has 4 fully saturated rings. The van der Waals surface area contributed by atoms with Gasteiger partial charge in [-0.05, 0) is 146 Å². The first-order valence-corrected chi connectivity index (χ1v) is 16.4. The Morgan fingerprint density at radius 2 is 1.86 bits per heavy atom. The Hall–Kier alpha value is -1.01. The molecule has 36 heavy (non-hydrogen) atoms. The molecule has 0 saturated heterocycles. The first kappa shape index (κ1) is 26.6. The summed E-state index contributed by atoms with van der Waals surface area (Å²) >= 11 is 2.35. The van der Waals surface area contributed by atoms with Crippen LogP contribution < -0.4 is 22.6 Å². The third-order valence-electron chi connectivity index (χ3n) is 11.8. The maximum atomic E-state index is 4.70. The van der Waals surface area contributed by atoms with Crippen LogP contribution >= 0.6 is 0 Å². The molecule has 4 saturated carbocycles. The molecule has 0 amide bonds. The Bertz CT molecular complexity index is 1070. The molecule has 0 bridgehead atoms. The lowest BCUT2D eigenvalue weighted by molar-refractivity contribution is -0.395. The Balaban J connectivity index is 1.31. The highest BCUT2D eigenvalue weighted by Gasteiger charge is 2.58. The van der Waals surface area contributed by atoms with Gasteiger partial charge in [-0.15, -0.1) is 0 Å². The number of allylic oxidation sites excluding steroid dienone is 2. The number of halogens is 1. The average molecular weight is 596 g/mol. The van der Waals surface area contributed by atoms with Crippen LogP contribution in [0.15, 0.2) is 37.4 Å². The Kier molecular flexibility index (Phi) is 7.59. The van der Waals surface area contributed by atoms with E-state index in [2.05, 4.69) is 86.9 Å². The standard InChI is InChI=1S/C35H48I/c1-7-8-9-26-10-12-28(23(2)20-26)24(3)25(4)32-14-15-33-31-13-11-27-21-34(5,22-36)18-16-29(27)30(31)17-19-35(32,33)6/h7,10,12,20,25,27,29-33,36H,1,3,11,13-19,21-22H2,2,4-6H3/q+1/t25-,27-,29+,30-,31-,32-,33+,34-,35-/m1/s1. The van der Waals surface area contributed by atoms with Crippen molar-refractivity contribution in [2.75, 3.05) is 4.43 Å². The molecular formula is C35H48I+. The summed E-state index contributed by atoms with van der Waals surface area (Å²) in [5, 5.41) is 0. The van der Waals surface area contributed by atoms with Crippen LogP contribution in [0.5, 0.6) is 0 Å². The molecule has 9 atom stereocenters. The summed E-state index contributed by atoms with van der Waals surface area (Å²) in [7, 11) is 0. The van der Waals surface area contributed by atoms with Crippen LogP contribution in [0.4, 0.5) is 0 Å². The molecule has 4 aliphatic rings. The molecule has 0 N–H and O–H groups in total. The molecular weight excluding hydrogens is 547 g/mol. The van der Waals surface area contributed by atoms with Crippen LogP contribution in [0.1, 0.15) is 95.2 Å². The third kappa shape index (κ3) is 4.57. The minimum atomic E-state index is 0.493. The Morgan fingerprint density at radius 3 is 2.58 bits per heavy atom. The second kappa shape index (κ2) is 10.3. The van der Waals surface area contributed by atoms with Gasteiger partial charge < -0.3 is 0 Å². The van der Waals surface area contributed by atoms with Gasteiger partial charge in [-0.1, -0.05) is 51.8 Å². The van der Waals surface area contributed by atoms with Gasteiger partial charge in [-0.25, -0.2) is 0 Å². The van der Waals surface area contributed by atoms with Gasteiger partial charge >= 0.3 is 0 Å². The lowest BCUT2D eigenvalue weighted by Gasteiger charge is -2.57. The van der Waals surface area contributed by atoms with Crippen LogP contribution in [0, 0.1) is 71.0 Å². The highest BCUT2D eigenvalue weighted by molar-refractivity contribution is 5.69. The number of benzene rings is 1. The van der Waals surface area contributed by atoms with Crippen molar-refractivity contribution in [1.82, 2.24) is 0 Å². The van der Waals surface area contributed by atoms with E-state index in [0.717, 1.165) is 41.1 Å². The normalized spacial score (nSPS) is 40.1. The molecule has 0 aliphatic heterocycles. The number of alkyl halides is 1. The SMILES string of the molecule is C=CC#Cc1ccc(C(=C)[C@@H](C)[C@H]2CC[C@H]3[C@@H]4CC[C@@H]5C[C@](C)(C[IH+])CC[C@@H]5[C@H]4CC[C@]23C)c(C)c1. The zero-order valence-electron chi connectivity index (χ0n) is 23.2. The van der Waals surface area contributed by atoms with Crippen LogP contribution in [0.3, 0.4) is 0 Å². The van der Waals surface area contributed by atoms with Gasteiger partial charge in [0, 0.05) is 11.0 Å². The van der Waals surface area contributed by atoms with Crippen molar-refractivity contribution in [2.45, 2.75) is 85.5 Å². The average Bonchev–Trinajstić information content (AvgIpc) is 3.23. The van der Waals surface area contributed by atoms with Crippen LogP contribution in [0.2, 0.25) is 0 Å². The molecule has 0 aromatic heterocycles. The van der Waals surface area contributed by atoms with E-state index in [1.807, 2.05) is 0 Å². The van der Waals surface area contributed by atoms with E-state index in [4.69, 9.17) is 6.58 Å². The maximum Gasteiger partial charge on any atom is 0.252 e. The molecule has 4 aliphatic carbocycles. The lowest BCUT2D eigenvalue weighted by atomic mass is 9.47. The molecule has 0 spiro atoms. The van der Waals surface area contributed by atoms with Gasteiger partial charge in [-0.3, -0.25) is 0 Å². The largest absolute Gasteiger partial charge is 0.252 e. The van der Waals surface area contributed by atoms with E-state index in [0.29, 0.717) is 16.7 Å². The van der Waals surface area contributed by atoms with Gasteiger partial charge in [0.1, 0.15) is 4.43 Å². The molecule has 0 radical (unpaired) electrons. The molecule has 194 valence electrons. The highest BCUT2D eigenvalue weighted by atomic mass is 127. The molecule has 1 aromatic rings. The van der Waals surface area contributed by atoms with Gasteiger partial charge in [0.2, 0.25) is 0 Å². The number of hydrogen-bond donors (Lipinski definition) is 0. The third-order valence-corrected chi connectivity index (χ3v) is 13.8. The second-order valence-corrected chi connectivity index (χ2v) is 14.5. The van der Waals surface area contributed by atoms with Crippen molar-refractivity contribution in [1.29, 1.82) is 0 Å². The monoisotopic (exact) mass is 595 g/mol. The quantitative estimate of drug-likeness (QED) is 0.237. The summed E-state index contributed by atoms with van der Waals surface area (Å²) in [6, 6.07) is 6.65. The zero-order valence-corrected chi connectivity index (χ0v) is 25.6. The summed E-state index contributed by atoms with van der Waals surface area (Å²) in [5.41, 5.74) is 6.19. The number of rotatable bonds is 4. The van der Waals surface area contributed by atoms with Crippen molar-refractivity contribution in [2.24, 2.45) is 52.3 Å². The van der Waals surface area contributed by atoms with Gasteiger partial charge in [-0.2, -0.15) is 0 Å². The Labute approximate surface area is 235 Å². The number of fused-ring (bicyclic) bond motifs is 5. The molecule has 1 heteroatoms. The van der Waals surface area contributed by atoms with Gasteiger partial charge in [0.25, 0.3) is 22.6 Å². The summed E-state index contributed by atoms with van der Waals surface area (Å²) in [6.45, 7) is 18.4. The molecule has 1 aromatic carbocycles. The topological polar surface area (TPSA) is 0 Å². The van der Waals surface area contributed by atoms with E-state index in [-0.39, 0.29) is 0 Å². The van der Waals surface area contributed by atoms with E-state index >= 15 is 0 Å². The molecule has 0 nitrogen and oxygen atoms in total. The van der Waals surface area contributed by atoms with Crippen molar-refractivity contribution in [3.8, 4) is 11.8 Å². The predicted octanol–water partition coefficient (Wildman–Crippen LogP) is 5.74. The van der Waals surface area contributed by atoms with Crippen molar-refractivity contribution in [3.05, 3.63) is 54.1 Å². The summed E-state index contributed by atoms with van der Waals surface area (Å²) in [6.07, 6.45) is 15.0. The minimum Gasteiger partial charge on any atom is -0.0949 e. The van der Waals surface area contributed by atoms with E-state index in [1.165, 1.54) is 78.9 Å². The molecule has 0 unspecified atom stereocenters. The first-order valence-electron chi connectivity index (χ1n) is 14.7. The smallest absolute Gasteiger partial charge is 0.0949 e. The fourth-order valence-corrected chi connectivity index (χ4v) is 10.7. The van der Waals surface area contributed by atoms with E-state index in [1.54, 1.807) is 6.08 Å². The van der Waals surface area contributed by atoms with Gasteiger partial charge in [0.05, 0.1) is 0 Å². The van der Waals surface area contributed by atoms with Crippen LogP contribution in [-0.2, 0) is 0 Å². The molecule has 0 heterocycles. The lowest BCUT2D eigenvalue weighted by Crippen LogP contribution is -3.36. The summed E-state index contributed by atoms with van der Waals surface area (Å²) in [5.74, 6) is 12.5.